The second kappa shape index (κ2) is 6.06. The molecule has 0 spiro atoms. The van der Waals surface area contributed by atoms with Gasteiger partial charge in [-0.2, -0.15) is 0 Å². The van der Waals surface area contributed by atoms with Crippen molar-refractivity contribution in [1.82, 2.24) is 9.88 Å². The SMILES string of the molecule is CN(C)C(=O)c1cc(S(=O)(=O)CCS(=O)(=O)Cl)ccn1. The number of hydrogen-bond acceptors (Lipinski definition) is 6. The molecule has 0 radical (unpaired) electrons. The van der Waals surface area contributed by atoms with Gasteiger partial charge in [0.1, 0.15) is 5.69 Å². The van der Waals surface area contributed by atoms with E-state index in [2.05, 4.69) is 4.98 Å². The third kappa shape index (κ3) is 4.73. The van der Waals surface area contributed by atoms with Crippen LogP contribution in [0.5, 0.6) is 0 Å². The van der Waals surface area contributed by atoms with Gasteiger partial charge in [-0.05, 0) is 12.1 Å². The number of carbonyl (C=O) groups is 1. The Morgan fingerprint density at radius 3 is 2.35 bits per heavy atom. The number of nitrogens with zero attached hydrogens (tertiary/aromatic N) is 2. The van der Waals surface area contributed by atoms with Gasteiger partial charge in [-0.25, -0.2) is 16.8 Å². The summed E-state index contributed by atoms with van der Waals surface area (Å²) >= 11 is 0. The van der Waals surface area contributed by atoms with Crippen molar-refractivity contribution >= 4 is 35.5 Å². The Kier molecular flexibility index (Phi) is 5.11. The zero-order valence-electron chi connectivity index (χ0n) is 10.8. The smallest absolute Gasteiger partial charge is 0.271 e. The van der Waals surface area contributed by atoms with E-state index in [1.807, 2.05) is 0 Å². The lowest BCUT2D eigenvalue weighted by Gasteiger charge is -2.10. The van der Waals surface area contributed by atoms with Gasteiger partial charge in [0.15, 0.2) is 9.84 Å². The zero-order chi connectivity index (χ0) is 15.6. The number of aromatic nitrogens is 1. The molecule has 0 aliphatic heterocycles. The van der Waals surface area contributed by atoms with Gasteiger partial charge in [0, 0.05) is 31.0 Å². The number of pyridine rings is 1. The zero-order valence-corrected chi connectivity index (χ0v) is 13.2. The second-order valence-electron chi connectivity index (χ2n) is 4.14. The number of sulfone groups is 1. The number of hydrogen-bond donors (Lipinski definition) is 0. The van der Waals surface area contributed by atoms with E-state index < -0.39 is 36.3 Å². The Bertz CT molecular complexity index is 713. The minimum atomic E-state index is -3.90. The van der Waals surface area contributed by atoms with Gasteiger partial charge >= 0.3 is 0 Å². The molecule has 1 amide bonds. The molecule has 0 bridgehead atoms. The predicted octanol–water partition coefficient (Wildman–Crippen LogP) is 0.126. The second-order valence-corrected chi connectivity index (χ2v) is 9.14. The van der Waals surface area contributed by atoms with Crippen molar-refractivity contribution in [2.24, 2.45) is 0 Å². The summed E-state index contributed by atoms with van der Waals surface area (Å²) in [5.74, 6) is -1.80. The molecule has 0 saturated carbocycles. The van der Waals surface area contributed by atoms with Crippen LogP contribution in [-0.2, 0) is 18.9 Å². The van der Waals surface area contributed by atoms with E-state index in [-0.39, 0.29) is 10.6 Å². The molecule has 112 valence electrons. The van der Waals surface area contributed by atoms with Crippen LogP contribution in [-0.4, -0.2) is 58.2 Å². The van der Waals surface area contributed by atoms with Crippen molar-refractivity contribution in [3.8, 4) is 0 Å². The van der Waals surface area contributed by atoms with Crippen LogP contribution in [0, 0.1) is 0 Å². The molecule has 1 aromatic rings. The molecule has 0 saturated heterocycles. The largest absolute Gasteiger partial charge is 0.343 e. The topological polar surface area (TPSA) is 101 Å². The highest BCUT2D eigenvalue weighted by atomic mass is 35.7. The van der Waals surface area contributed by atoms with Crippen LogP contribution in [0.3, 0.4) is 0 Å². The standard InChI is InChI=1S/C10H13ClN2O5S2/c1-13(2)10(14)9-7-8(3-4-12-9)19(15,16)5-6-20(11,17)18/h3-4,7H,5-6H2,1-2H3. The fraction of sp³-hybridized carbons (Fsp3) is 0.400. The van der Waals surface area contributed by atoms with E-state index in [9.17, 15) is 21.6 Å². The van der Waals surface area contributed by atoms with Gasteiger partial charge in [0.25, 0.3) is 5.91 Å². The summed E-state index contributed by atoms with van der Waals surface area (Å²) in [5.41, 5.74) is -0.0372. The highest BCUT2D eigenvalue weighted by Gasteiger charge is 2.20. The summed E-state index contributed by atoms with van der Waals surface area (Å²) in [7, 11) is 0.243. The van der Waals surface area contributed by atoms with Crippen molar-refractivity contribution < 1.29 is 21.6 Å². The minimum Gasteiger partial charge on any atom is -0.343 e. The molecule has 0 N–H and O–H groups in total. The van der Waals surface area contributed by atoms with Crippen LogP contribution in [0.4, 0.5) is 0 Å². The van der Waals surface area contributed by atoms with E-state index in [4.69, 9.17) is 10.7 Å². The highest BCUT2D eigenvalue weighted by Crippen LogP contribution is 2.13. The van der Waals surface area contributed by atoms with Crippen molar-refractivity contribution in [3.05, 3.63) is 24.0 Å². The van der Waals surface area contributed by atoms with E-state index >= 15 is 0 Å². The Morgan fingerprint density at radius 1 is 1.25 bits per heavy atom. The van der Waals surface area contributed by atoms with Crippen LogP contribution in [0.2, 0.25) is 0 Å². The van der Waals surface area contributed by atoms with Gasteiger partial charge in [-0.15, -0.1) is 0 Å². The van der Waals surface area contributed by atoms with Gasteiger partial charge in [-0.3, -0.25) is 9.78 Å². The lowest BCUT2D eigenvalue weighted by molar-refractivity contribution is 0.0821. The fourth-order valence-electron chi connectivity index (χ4n) is 1.28. The molecule has 1 rings (SSSR count). The van der Waals surface area contributed by atoms with Crippen LogP contribution >= 0.6 is 10.7 Å². The molecule has 0 aliphatic carbocycles. The van der Waals surface area contributed by atoms with E-state index in [1.54, 1.807) is 0 Å². The molecule has 20 heavy (non-hydrogen) atoms. The van der Waals surface area contributed by atoms with Crippen molar-refractivity contribution in [2.45, 2.75) is 4.90 Å². The maximum Gasteiger partial charge on any atom is 0.271 e. The van der Waals surface area contributed by atoms with Crippen LogP contribution in [0.1, 0.15) is 10.5 Å². The number of carbonyl (C=O) groups excluding carboxylic acids is 1. The van der Waals surface area contributed by atoms with Gasteiger partial charge in [-0.1, -0.05) is 0 Å². The first-order valence-electron chi connectivity index (χ1n) is 5.36. The lowest BCUT2D eigenvalue weighted by Crippen LogP contribution is -2.23. The van der Waals surface area contributed by atoms with Crippen LogP contribution < -0.4 is 0 Å². The third-order valence-electron chi connectivity index (χ3n) is 2.31. The molecule has 1 heterocycles. The molecule has 0 aliphatic rings. The average molecular weight is 341 g/mol. The first-order chi connectivity index (χ1) is 9.03. The maximum atomic E-state index is 11.9. The highest BCUT2D eigenvalue weighted by molar-refractivity contribution is 8.14. The Labute approximate surface area is 121 Å². The Balaban J connectivity index is 3.08. The average Bonchev–Trinajstić information content (AvgIpc) is 2.35. The van der Waals surface area contributed by atoms with Crippen molar-refractivity contribution in [2.75, 3.05) is 25.6 Å². The van der Waals surface area contributed by atoms with Crippen molar-refractivity contribution in [1.29, 1.82) is 0 Å². The number of halogens is 1. The Morgan fingerprint density at radius 2 is 1.85 bits per heavy atom. The molecule has 0 unspecified atom stereocenters. The maximum absolute atomic E-state index is 11.9. The molecule has 0 atom stereocenters. The molecule has 0 fully saturated rings. The Hall–Kier alpha value is -1.19. The molecular weight excluding hydrogens is 328 g/mol. The normalized spacial score (nSPS) is 12.2. The number of amides is 1. The predicted molar refractivity (Wildman–Crippen MR) is 73.9 cm³/mol. The van der Waals surface area contributed by atoms with Crippen LogP contribution in [0.25, 0.3) is 0 Å². The monoisotopic (exact) mass is 340 g/mol. The quantitative estimate of drug-likeness (QED) is 0.706. The molecule has 10 heteroatoms. The van der Waals surface area contributed by atoms with E-state index in [0.29, 0.717) is 0 Å². The van der Waals surface area contributed by atoms with Gasteiger partial charge in [0.05, 0.1) is 16.4 Å². The van der Waals surface area contributed by atoms with Crippen molar-refractivity contribution in [3.63, 3.8) is 0 Å². The van der Waals surface area contributed by atoms with Gasteiger partial charge in [0.2, 0.25) is 9.05 Å². The fourth-order valence-corrected chi connectivity index (χ4v) is 4.31. The molecule has 0 aromatic carbocycles. The number of rotatable bonds is 5. The summed E-state index contributed by atoms with van der Waals surface area (Å²) < 4.78 is 45.5. The summed E-state index contributed by atoms with van der Waals surface area (Å²) in [4.78, 5) is 16.6. The van der Waals surface area contributed by atoms with Crippen LogP contribution in [0.15, 0.2) is 23.2 Å². The molecule has 1 aromatic heterocycles. The summed E-state index contributed by atoms with van der Waals surface area (Å²) in [6.45, 7) is 0. The summed E-state index contributed by atoms with van der Waals surface area (Å²) in [6.07, 6.45) is 1.18. The van der Waals surface area contributed by atoms with E-state index in [1.165, 1.54) is 31.3 Å². The summed E-state index contributed by atoms with van der Waals surface area (Å²) in [5, 5.41) is 0. The first-order valence-corrected chi connectivity index (χ1v) is 9.49. The van der Waals surface area contributed by atoms with Gasteiger partial charge < -0.3 is 4.90 Å². The lowest BCUT2D eigenvalue weighted by atomic mass is 10.3. The van der Waals surface area contributed by atoms with E-state index in [0.717, 1.165) is 6.07 Å². The first kappa shape index (κ1) is 16.9. The summed E-state index contributed by atoms with van der Waals surface area (Å²) in [6, 6.07) is 2.31. The minimum absolute atomic E-state index is 0.0372. The molecule has 7 nitrogen and oxygen atoms in total. The third-order valence-corrected chi connectivity index (χ3v) is 5.44. The molecular formula is C10H13ClN2O5S2.